The number of aromatic nitrogens is 2. The Labute approximate surface area is 242 Å². The Bertz CT molecular complexity index is 953. The van der Waals surface area contributed by atoms with Gasteiger partial charge in [0.2, 0.25) is 6.33 Å². The van der Waals surface area contributed by atoms with Gasteiger partial charge in [0.15, 0.2) is 0 Å². The summed E-state index contributed by atoms with van der Waals surface area (Å²) in [5, 5.41) is 0. The van der Waals surface area contributed by atoms with E-state index in [0.717, 1.165) is 18.4 Å². The van der Waals surface area contributed by atoms with Crippen molar-refractivity contribution in [3.05, 3.63) is 48.5 Å². The number of hydrogen-bond acceptors (Lipinski definition) is 5. The number of nitrogens with zero attached hydrogens (tertiary/aromatic N) is 2. The first-order chi connectivity index (χ1) is 19.4. The van der Waals surface area contributed by atoms with Crippen LogP contribution in [0, 0.1) is 0 Å². The van der Waals surface area contributed by atoms with E-state index in [0.29, 0.717) is 19.8 Å². The van der Waals surface area contributed by atoms with E-state index < -0.39 is 13.9 Å². The van der Waals surface area contributed by atoms with E-state index in [1.807, 2.05) is 41.0 Å². The van der Waals surface area contributed by atoms with E-state index in [4.69, 9.17) is 18.5 Å². The lowest BCUT2D eigenvalue weighted by atomic mass is 10.0. The minimum atomic E-state index is -4.30. The summed E-state index contributed by atoms with van der Waals surface area (Å²) in [5.41, 5.74) is 0.945. The normalized spacial score (nSPS) is 13.8. The molecule has 9 heteroatoms. The molecule has 2 atom stereocenters. The van der Waals surface area contributed by atoms with Gasteiger partial charge in [0.25, 0.3) is 0 Å². The molecule has 0 aliphatic rings. The van der Waals surface area contributed by atoms with Crippen molar-refractivity contribution < 1.29 is 32.5 Å². The van der Waals surface area contributed by atoms with Crippen LogP contribution in [0.3, 0.4) is 0 Å². The van der Waals surface area contributed by atoms with E-state index in [1.165, 1.54) is 84.2 Å². The predicted molar refractivity (Wildman–Crippen MR) is 159 cm³/mol. The lowest BCUT2D eigenvalue weighted by Crippen LogP contribution is -2.24. The summed E-state index contributed by atoms with van der Waals surface area (Å²) in [6.07, 6.45) is 23.9. The molecule has 0 fully saturated rings. The number of phosphoric ester groups is 1. The minimum absolute atomic E-state index is 0.0947. The summed E-state index contributed by atoms with van der Waals surface area (Å²) in [6.45, 7) is 3.75. The molecule has 228 valence electrons. The van der Waals surface area contributed by atoms with Crippen LogP contribution in [0.1, 0.15) is 102 Å². The Morgan fingerprint density at radius 3 is 2.12 bits per heavy atom. The third kappa shape index (κ3) is 16.5. The van der Waals surface area contributed by atoms with Crippen LogP contribution in [-0.4, -0.2) is 42.5 Å². The second-order valence-electron chi connectivity index (χ2n) is 10.8. The maximum Gasteiger partial charge on any atom is 0.527 e. The Morgan fingerprint density at radius 2 is 1.55 bits per heavy atom. The molecular weight excluding hydrogens is 527 g/mol. The van der Waals surface area contributed by atoms with Crippen LogP contribution < -0.4 is 9.09 Å². The molecule has 0 aliphatic heterocycles. The number of unbranched alkanes of at least 4 members (excludes halogenated alkanes) is 13. The molecule has 0 bridgehead atoms. The molecule has 2 aromatic rings. The van der Waals surface area contributed by atoms with E-state index in [1.54, 1.807) is 18.2 Å². The number of phosphoric acid groups is 1. The van der Waals surface area contributed by atoms with Gasteiger partial charge in [-0.25, -0.2) is 13.7 Å². The Hall–Kier alpha value is -1.70. The highest BCUT2D eigenvalue weighted by Crippen LogP contribution is 2.44. The van der Waals surface area contributed by atoms with E-state index in [2.05, 4.69) is 6.92 Å². The van der Waals surface area contributed by atoms with Crippen molar-refractivity contribution in [3.8, 4) is 5.75 Å². The van der Waals surface area contributed by atoms with Crippen molar-refractivity contribution in [1.29, 1.82) is 0 Å². The molecule has 0 spiro atoms. The van der Waals surface area contributed by atoms with Crippen LogP contribution in [-0.2, 0) is 32.2 Å². The van der Waals surface area contributed by atoms with Gasteiger partial charge in [0, 0.05) is 13.7 Å². The monoisotopic (exact) mass is 581 g/mol. The molecule has 2 rings (SSSR count). The Kier molecular flexibility index (Phi) is 18.2. The standard InChI is InChI=1S/C31H53N2O6P/c1-4-5-6-7-8-9-10-11-12-13-14-15-16-17-23-37-26-31(36-3)27-38-40(34,35)39-30-20-18-19-29(24-30)25-33-22-21-32(2)28-33/h18-22,24,28,31H,4-17,23,25-27H2,1-3H3/p+1. The molecule has 0 saturated heterocycles. The molecule has 0 radical (unpaired) electrons. The second-order valence-corrected chi connectivity index (χ2v) is 12.2. The molecule has 1 aromatic carbocycles. The summed E-state index contributed by atoms with van der Waals surface area (Å²) in [6, 6.07) is 7.10. The van der Waals surface area contributed by atoms with Gasteiger partial charge in [-0.3, -0.25) is 9.42 Å². The Morgan fingerprint density at radius 1 is 0.925 bits per heavy atom. The van der Waals surface area contributed by atoms with Gasteiger partial charge >= 0.3 is 7.82 Å². The molecular formula is C31H54N2O6P+. The van der Waals surface area contributed by atoms with Gasteiger partial charge in [0.1, 0.15) is 30.8 Å². The summed E-state index contributed by atoms with van der Waals surface area (Å²) >= 11 is 0. The van der Waals surface area contributed by atoms with Crippen LogP contribution in [0.2, 0.25) is 0 Å². The predicted octanol–water partition coefficient (Wildman–Crippen LogP) is 7.37. The van der Waals surface area contributed by atoms with Crippen molar-refractivity contribution in [3.63, 3.8) is 0 Å². The van der Waals surface area contributed by atoms with Crippen molar-refractivity contribution in [2.45, 2.75) is 109 Å². The molecule has 0 saturated carbocycles. The lowest BCUT2D eigenvalue weighted by molar-refractivity contribution is -0.671. The van der Waals surface area contributed by atoms with Crippen LogP contribution in [0.25, 0.3) is 0 Å². The smallest absolute Gasteiger partial charge is 0.404 e. The molecule has 8 nitrogen and oxygen atoms in total. The second kappa shape index (κ2) is 21.1. The zero-order chi connectivity index (χ0) is 28.9. The molecule has 0 aliphatic carbocycles. The lowest BCUT2D eigenvalue weighted by Gasteiger charge is -2.18. The van der Waals surface area contributed by atoms with Gasteiger partial charge in [-0.15, -0.1) is 0 Å². The highest BCUT2D eigenvalue weighted by Gasteiger charge is 2.25. The molecule has 40 heavy (non-hydrogen) atoms. The number of rotatable bonds is 25. The fraction of sp³-hybridized carbons (Fsp3) is 0.710. The van der Waals surface area contributed by atoms with Crippen LogP contribution in [0.15, 0.2) is 43.0 Å². The molecule has 0 amide bonds. The van der Waals surface area contributed by atoms with Crippen LogP contribution in [0.4, 0.5) is 0 Å². The average molecular weight is 582 g/mol. The van der Waals surface area contributed by atoms with Crippen molar-refractivity contribution in [2.24, 2.45) is 7.05 Å². The zero-order valence-electron chi connectivity index (χ0n) is 25.2. The van der Waals surface area contributed by atoms with Gasteiger partial charge in [0.05, 0.1) is 20.3 Å². The highest BCUT2D eigenvalue weighted by atomic mass is 31.2. The first-order valence-corrected chi connectivity index (χ1v) is 16.8. The van der Waals surface area contributed by atoms with Crippen molar-refractivity contribution in [2.75, 3.05) is 26.9 Å². The SMILES string of the molecule is CCCCCCCCCCCCCCCCOCC(COP(=O)(O)Oc1cccc(Cn2cc[n+](C)c2)c1)OC. The number of hydrogen-bond donors (Lipinski definition) is 1. The quantitative estimate of drug-likeness (QED) is 0.0749. The number of methoxy groups -OCH3 is 1. The van der Waals surface area contributed by atoms with Crippen LogP contribution >= 0.6 is 7.82 Å². The summed E-state index contributed by atoms with van der Waals surface area (Å²) in [7, 11) is -0.810. The van der Waals surface area contributed by atoms with Gasteiger partial charge in [-0.1, -0.05) is 103 Å². The van der Waals surface area contributed by atoms with E-state index in [9.17, 15) is 9.46 Å². The maximum absolute atomic E-state index is 12.5. The third-order valence-corrected chi connectivity index (χ3v) is 7.93. The molecule has 1 N–H and O–H groups in total. The highest BCUT2D eigenvalue weighted by molar-refractivity contribution is 7.47. The number of benzene rings is 1. The van der Waals surface area contributed by atoms with Crippen LogP contribution in [0.5, 0.6) is 5.75 Å². The Balaban J connectivity index is 1.50. The van der Waals surface area contributed by atoms with Gasteiger partial charge in [-0.05, 0) is 24.1 Å². The van der Waals surface area contributed by atoms with Gasteiger partial charge < -0.3 is 14.0 Å². The van der Waals surface area contributed by atoms with Crippen molar-refractivity contribution in [1.82, 2.24) is 4.57 Å². The molecule has 1 aromatic heterocycles. The average Bonchev–Trinajstić information content (AvgIpc) is 3.34. The topological polar surface area (TPSA) is 83.0 Å². The van der Waals surface area contributed by atoms with E-state index in [-0.39, 0.29) is 12.4 Å². The molecule has 1 heterocycles. The number of ether oxygens (including phenoxy) is 2. The van der Waals surface area contributed by atoms with Gasteiger partial charge in [-0.2, -0.15) is 0 Å². The van der Waals surface area contributed by atoms with Crippen molar-refractivity contribution >= 4 is 7.82 Å². The first kappa shape index (κ1) is 34.5. The maximum atomic E-state index is 12.5. The van der Waals surface area contributed by atoms with E-state index >= 15 is 0 Å². The number of imidazole rings is 1. The fourth-order valence-corrected chi connectivity index (χ4v) is 5.43. The molecule has 2 unspecified atom stereocenters. The summed E-state index contributed by atoms with van der Waals surface area (Å²) in [5.74, 6) is 0.280. The number of aryl methyl sites for hydroxylation is 1. The zero-order valence-corrected chi connectivity index (χ0v) is 26.1. The summed E-state index contributed by atoms with van der Waals surface area (Å²) in [4.78, 5) is 10.2. The third-order valence-electron chi connectivity index (χ3n) is 7.01. The first-order valence-electron chi connectivity index (χ1n) is 15.3. The largest absolute Gasteiger partial charge is 0.527 e. The minimum Gasteiger partial charge on any atom is -0.404 e. The fourth-order valence-electron chi connectivity index (χ4n) is 4.64. The summed E-state index contributed by atoms with van der Waals surface area (Å²) < 4.78 is 38.1.